The first-order chi connectivity index (χ1) is 9.49. The second-order valence-corrected chi connectivity index (χ2v) is 6.36. The summed E-state index contributed by atoms with van der Waals surface area (Å²) in [5.41, 5.74) is 2.43. The van der Waals surface area contributed by atoms with Gasteiger partial charge in [-0.2, -0.15) is 0 Å². The second kappa shape index (κ2) is 4.82. The molecule has 2 aromatic carbocycles. The van der Waals surface area contributed by atoms with Crippen LogP contribution in [0.3, 0.4) is 0 Å². The largest absolute Gasteiger partial charge is 0.268 e. The van der Waals surface area contributed by atoms with Crippen LogP contribution < -0.4 is 4.90 Å². The van der Waals surface area contributed by atoms with Crippen LogP contribution >= 0.6 is 31.9 Å². The van der Waals surface area contributed by atoms with Crippen LogP contribution in [-0.4, -0.2) is 11.8 Å². The summed E-state index contributed by atoms with van der Waals surface area (Å²) < 4.78 is 1.50. The van der Waals surface area contributed by atoms with Crippen molar-refractivity contribution in [3.05, 3.63) is 62.0 Å². The van der Waals surface area contributed by atoms with Gasteiger partial charge in [0, 0.05) is 8.95 Å². The maximum atomic E-state index is 12.5. The Hall–Kier alpha value is -1.46. The summed E-state index contributed by atoms with van der Waals surface area (Å²) >= 11 is 6.72. The molecule has 0 spiro atoms. The van der Waals surface area contributed by atoms with Crippen molar-refractivity contribution in [1.82, 2.24) is 0 Å². The van der Waals surface area contributed by atoms with Crippen LogP contribution in [0.1, 0.15) is 26.3 Å². The molecule has 5 heteroatoms. The predicted molar refractivity (Wildman–Crippen MR) is 84.2 cm³/mol. The van der Waals surface area contributed by atoms with E-state index in [0.29, 0.717) is 16.8 Å². The first-order valence-corrected chi connectivity index (χ1v) is 7.52. The summed E-state index contributed by atoms with van der Waals surface area (Å²) in [5.74, 6) is -0.582. The molecule has 100 valence electrons. The fraction of sp³-hybridized carbons (Fsp3) is 0.0667. The molecule has 0 fully saturated rings. The van der Waals surface area contributed by atoms with E-state index in [0.717, 1.165) is 14.5 Å². The van der Waals surface area contributed by atoms with E-state index in [1.165, 1.54) is 4.90 Å². The van der Waals surface area contributed by atoms with Crippen molar-refractivity contribution >= 4 is 49.4 Å². The Kier molecular flexibility index (Phi) is 3.26. The van der Waals surface area contributed by atoms with E-state index in [-0.39, 0.29) is 11.8 Å². The molecule has 2 aromatic rings. The van der Waals surface area contributed by atoms with Crippen LogP contribution in [0.5, 0.6) is 0 Å². The summed E-state index contributed by atoms with van der Waals surface area (Å²) in [6, 6.07) is 10.7. The number of anilines is 1. The molecule has 0 aliphatic carbocycles. The molecule has 0 N–H and O–H groups in total. The third kappa shape index (κ3) is 2.01. The number of hydrogen-bond donors (Lipinski definition) is 0. The van der Waals surface area contributed by atoms with Crippen molar-refractivity contribution in [2.24, 2.45) is 0 Å². The number of aryl methyl sites for hydroxylation is 1. The van der Waals surface area contributed by atoms with Crippen LogP contribution in [0.2, 0.25) is 0 Å². The Bertz CT molecular complexity index is 756. The molecule has 1 aliphatic heterocycles. The number of carbonyl (C=O) groups excluding carboxylic acids is 2. The molecule has 2 amide bonds. The molecule has 3 rings (SSSR count). The molecule has 0 saturated carbocycles. The Morgan fingerprint density at radius 1 is 0.900 bits per heavy atom. The molecule has 0 unspecified atom stereocenters. The third-order valence-corrected chi connectivity index (χ3v) is 4.35. The monoisotopic (exact) mass is 393 g/mol. The van der Waals surface area contributed by atoms with Gasteiger partial charge in [-0.1, -0.05) is 22.0 Å². The topological polar surface area (TPSA) is 37.4 Å². The maximum Gasteiger partial charge on any atom is 0.266 e. The highest BCUT2D eigenvalue weighted by Crippen LogP contribution is 2.34. The Morgan fingerprint density at radius 3 is 2.35 bits per heavy atom. The highest BCUT2D eigenvalue weighted by Gasteiger charge is 2.37. The molecule has 0 radical (unpaired) electrons. The average Bonchev–Trinajstić information content (AvgIpc) is 2.65. The van der Waals surface area contributed by atoms with E-state index >= 15 is 0 Å². The number of fused-ring (bicyclic) bond motifs is 1. The van der Waals surface area contributed by atoms with Crippen LogP contribution in [0.4, 0.5) is 5.69 Å². The lowest BCUT2D eigenvalue weighted by molar-refractivity contribution is 0.0926. The van der Waals surface area contributed by atoms with Crippen LogP contribution in [-0.2, 0) is 0 Å². The molecular formula is C15H9Br2NO2. The zero-order chi connectivity index (χ0) is 14.4. The summed E-state index contributed by atoms with van der Waals surface area (Å²) in [4.78, 5) is 26.2. The van der Waals surface area contributed by atoms with Gasteiger partial charge >= 0.3 is 0 Å². The summed E-state index contributed by atoms with van der Waals surface area (Å²) in [5, 5.41) is 0. The summed E-state index contributed by atoms with van der Waals surface area (Å²) in [6.07, 6.45) is 0. The normalized spacial score (nSPS) is 13.8. The number of carbonyl (C=O) groups is 2. The molecular weight excluding hydrogens is 386 g/mol. The molecule has 20 heavy (non-hydrogen) atoms. The van der Waals surface area contributed by atoms with Crippen LogP contribution in [0.15, 0.2) is 45.3 Å². The standard InChI is InChI=1S/C15H9Br2NO2/c1-8-2-5-12(17)13(6-8)18-14(19)10-4-3-9(16)7-11(10)15(18)20/h2-7H,1H3. The Morgan fingerprint density at radius 2 is 1.60 bits per heavy atom. The van der Waals surface area contributed by atoms with Gasteiger partial charge in [0.25, 0.3) is 11.8 Å². The molecule has 3 nitrogen and oxygen atoms in total. The first-order valence-electron chi connectivity index (χ1n) is 5.93. The minimum Gasteiger partial charge on any atom is -0.268 e. The number of imide groups is 1. The van der Waals surface area contributed by atoms with Gasteiger partial charge in [-0.05, 0) is 58.7 Å². The molecule has 1 aliphatic rings. The number of hydrogen-bond acceptors (Lipinski definition) is 2. The van der Waals surface area contributed by atoms with Crippen molar-refractivity contribution in [3.8, 4) is 0 Å². The van der Waals surface area contributed by atoms with Crippen molar-refractivity contribution < 1.29 is 9.59 Å². The first kappa shape index (κ1) is 13.5. The molecule has 0 aromatic heterocycles. The van der Waals surface area contributed by atoms with Gasteiger partial charge in [-0.15, -0.1) is 0 Å². The maximum absolute atomic E-state index is 12.5. The smallest absolute Gasteiger partial charge is 0.266 e. The van der Waals surface area contributed by atoms with Gasteiger partial charge in [0.05, 0.1) is 16.8 Å². The average molecular weight is 395 g/mol. The minimum atomic E-state index is -0.294. The Balaban J connectivity index is 2.16. The summed E-state index contributed by atoms with van der Waals surface area (Å²) in [7, 11) is 0. The number of halogens is 2. The van der Waals surface area contributed by atoms with Crippen molar-refractivity contribution in [2.45, 2.75) is 6.92 Å². The van der Waals surface area contributed by atoms with E-state index in [2.05, 4.69) is 31.9 Å². The van der Waals surface area contributed by atoms with Gasteiger partial charge < -0.3 is 0 Å². The van der Waals surface area contributed by atoms with E-state index < -0.39 is 0 Å². The Labute approximate surface area is 132 Å². The molecule has 0 bridgehead atoms. The van der Waals surface area contributed by atoms with Gasteiger partial charge in [0.15, 0.2) is 0 Å². The van der Waals surface area contributed by atoms with Crippen molar-refractivity contribution in [2.75, 3.05) is 4.90 Å². The fourth-order valence-electron chi connectivity index (χ4n) is 2.23. The van der Waals surface area contributed by atoms with E-state index in [4.69, 9.17) is 0 Å². The van der Waals surface area contributed by atoms with E-state index in [9.17, 15) is 9.59 Å². The van der Waals surface area contributed by atoms with E-state index in [1.807, 2.05) is 25.1 Å². The molecule has 0 atom stereocenters. The summed E-state index contributed by atoms with van der Waals surface area (Å²) in [6.45, 7) is 1.92. The van der Waals surface area contributed by atoms with E-state index in [1.54, 1.807) is 18.2 Å². The lowest BCUT2D eigenvalue weighted by atomic mass is 10.1. The fourth-order valence-corrected chi connectivity index (χ4v) is 3.01. The molecule has 1 heterocycles. The number of rotatable bonds is 1. The van der Waals surface area contributed by atoms with Gasteiger partial charge in [0.1, 0.15) is 0 Å². The highest BCUT2D eigenvalue weighted by molar-refractivity contribution is 9.10. The highest BCUT2D eigenvalue weighted by atomic mass is 79.9. The lowest BCUT2D eigenvalue weighted by Gasteiger charge is -2.16. The lowest BCUT2D eigenvalue weighted by Crippen LogP contribution is -2.29. The van der Waals surface area contributed by atoms with Crippen molar-refractivity contribution in [3.63, 3.8) is 0 Å². The third-order valence-electron chi connectivity index (χ3n) is 3.19. The quantitative estimate of drug-likeness (QED) is 0.675. The number of amides is 2. The van der Waals surface area contributed by atoms with Gasteiger partial charge in [0.2, 0.25) is 0 Å². The molecule has 0 saturated heterocycles. The van der Waals surface area contributed by atoms with Crippen molar-refractivity contribution in [1.29, 1.82) is 0 Å². The van der Waals surface area contributed by atoms with Gasteiger partial charge in [-0.3, -0.25) is 9.59 Å². The second-order valence-electron chi connectivity index (χ2n) is 4.59. The zero-order valence-electron chi connectivity index (χ0n) is 10.5. The number of benzene rings is 2. The number of nitrogens with zero attached hydrogens (tertiary/aromatic N) is 1. The zero-order valence-corrected chi connectivity index (χ0v) is 13.7. The van der Waals surface area contributed by atoms with Gasteiger partial charge in [-0.25, -0.2) is 4.90 Å². The van der Waals surface area contributed by atoms with Crippen LogP contribution in [0, 0.1) is 6.92 Å². The predicted octanol–water partition coefficient (Wildman–Crippen LogP) is 4.32. The minimum absolute atomic E-state index is 0.288. The SMILES string of the molecule is Cc1ccc(Br)c(N2C(=O)c3ccc(Br)cc3C2=O)c1. The van der Waals surface area contributed by atoms with Crippen LogP contribution in [0.25, 0.3) is 0 Å².